The molecule has 7 heteroatoms. The minimum atomic E-state index is 0.0422. The number of carbonyl (C=O) groups is 1. The molecule has 182 valence electrons. The van der Waals surface area contributed by atoms with Crippen molar-refractivity contribution in [2.75, 3.05) is 62.2 Å². The van der Waals surface area contributed by atoms with E-state index in [4.69, 9.17) is 16.6 Å². The van der Waals surface area contributed by atoms with Gasteiger partial charge in [-0.15, -0.1) is 0 Å². The number of halogens is 1. The molecule has 5 rings (SSSR count). The summed E-state index contributed by atoms with van der Waals surface area (Å²) in [7, 11) is 0. The van der Waals surface area contributed by atoms with Gasteiger partial charge in [0, 0.05) is 64.6 Å². The molecule has 0 radical (unpaired) electrons. The van der Waals surface area contributed by atoms with Crippen molar-refractivity contribution in [2.45, 2.75) is 13.5 Å². The molecule has 0 saturated carbocycles. The smallest absolute Gasteiger partial charge is 0.272 e. The lowest BCUT2D eigenvalue weighted by Crippen LogP contribution is -2.49. The number of hydrogen-bond acceptors (Lipinski definition) is 5. The molecule has 0 atom stereocenters. The quantitative estimate of drug-likeness (QED) is 0.533. The SMILES string of the molecule is Cc1ccc(CN2CCN(c3ccccc3Cl)CC2)nc1C(=O)N1CCN(c2ccccc2)CC1. The minimum Gasteiger partial charge on any atom is -0.368 e. The lowest BCUT2D eigenvalue weighted by Gasteiger charge is -2.37. The fourth-order valence-electron chi connectivity index (χ4n) is 4.91. The third-order valence-corrected chi connectivity index (χ3v) is 7.32. The largest absolute Gasteiger partial charge is 0.368 e. The van der Waals surface area contributed by atoms with Crippen molar-refractivity contribution in [1.82, 2.24) is 14.8 Å². The molecule has 2 fully saturated rings. The number of benzene rings is 2. The Labute approximate surface area is 212 Å². The Morgan fingerprint density at radius 3 is 2.17 bits per heavy atom. The molecule has 2 aliphatic heterocycles. The maximum absolute atomic E-state index is 13.4. The van der Waals surface area contributed by atoms with E-state index in [1.807, 2.05) is 42.2 Å². The van der Waals surface area contributed by atoms with Crippen LogP contribution >= 0.6 is 11.6 Å². The van der Waals surface area contributed by atoms with Gasteiger partial charge < -0.3 is 14.7 Å². The number of aryl methyl sites for hydroxylation is 1. The van der Waals surface area contributed by atoms with E-state index in [-0.39, 0.29) is 5.91 Å². The Balaban J connectivity index is 1.19. The number of rotatable bonds is 5. The molecule has 0 aliphatic carbocycles. The summed E-state index contributed by atoms with van der Waals surface area (Å²) in [5, 5.41) is 0.800. The lowest BCUT2D eigenvalue weighted by molar-refractivity contribution is 0.0739. The van der Waals surface area contributed by atoms with Gasteiger partial charge in [0.05, 0.1) is 16.4 Å². The van der Waals surface area contributed by atoms with Crippen molar-refractivity contribution in [3.63, 3.8) is 0 Å². The van der Waals surface area contributed by atoms with Crippen LogP contribution in [0.2, 0.25) is 5.02 Å². The van der Waals surface area contributed by atoms with Crippen LogP contribution in [0.5, 0.6) is 0 Å². The molecule has 2 aliphatic rings. The van der Waals surface area contributed by atoms with Crippen LogP contribution in [0.3, 0.4) is 0 Å². The first kappa shape index (κ1) is 23.6. The molecule has 1 amide bonds. The predicted octanol–water partition coefficient (Wildman–Crippen LogP) is 4.33. The minimum absolute atomic E-state index is 0.0422. The van der Waals surface area contributed by atoms with Crippen LogP contribution in [0.25, 0.3) is 0 Å². The number of carbonyl (C=O) groups excluding carboxylic acids is 1. The number of pyridine rings is 1. The van der Waals surface area contributed by atoms with Gasteiger partial charge in [0.1, 0.15) is 5.69 Å². The molecule has 2 aromatic carbocycles. The number of anilines is 2. The van der Waals surface area contributed by atoms with Crippen molar-refractivity contribution in [3.05, 3.63) is 88.7 Å². The zero-order valence-electron chi connectivity index (χ0n) is 20.2. The predicted molar refractivity (Wildman–Crippen MR) is 142 cm³/mol. The maximum Gasteiger partial charge on any atom is 0.272 e. The van der Waals surface area contributed by atoms with E-state index in [2.05, 4.69) is 51.1 Å². The fourth-order valence-corrected chi connectivity index (χ4v) is 5.17. The van der Waals surface area contributed by atoms with E-state index < -0.39 is 0 Å². The number of aromatic nitrogens is 1. The second kappa shape index (κ2) is 10.7. The summed E-state index contributed by atoms with van der Waals surface area (Å²) in [5.74, 6) is 0.0422. The molecule has 0 unspecified atom stereocenters. The molecular weight excluding hydrogens is 458 g/mol. The average Bonchev–Trinajstić information content (AvgIpc) is 2.91. The van der Waals surface area contributed by atoms with E-state index in [0.717, 1.165) is 67.8 Å². The summed E-state index contributed by atoms with van der Waals surface area (Å²) in [6.45, 7) is 9.54. The van der Waals surface area contributed by atoms with E-state index in [9.17, 15) is 4.79 Å². The zero-order valence-corrected chi connectivity index (χ0v) is 21.0. The zero-order chi connectivity index (χ0) is 24.2. The Hall–Kier alpha value is -3.09. The molecule has 3 heterocycles. The van der Waals surface area contributed by atoms with Gasteiger partial charge in [0.2, 0.25) is 0 Å². The number of para-hydroxylation sites is 2. The third kappa shape index (κ3) is 5.44. The van der Waals surface area contributed by atoms with Crippen molar-refractivity contribution >= 4 is 28.9 Å². The molecular formula is C28H32ClN5O. The van der Waals surface area contributed by atoms with Crippen molar-refractivity contribution in [2.24, 2.45) is 0 Å². The van der Waals surface area contributed by atoms with Gasteiger partial charge in [-0.3, -0.25) is 9.69 Å². The first-order chi connectivity index (χ1) is 17.1. The van der Waals surface area contributed by atoms with E-state index >= 15 is 0 Å². The van der Waals surface area contributed by atoms with Gasteiger partial charge in [-0.1, -0.05) is 48.0 Å². The summed E-state index contributed by atoms with van der Waals surface area (Å²) >= 11 is 6.38. The average molecular weight is 490 g/mol. The molecule has 3 aromatic rings. The lowest BCUT2D eigenvalue weighted by atomic mass is 10.1. The van der Waals surface area contributed by atoms with Crippen LogP contribution in [0, 0.1) is 6.92 Å². The second-order valence-electron chi connectivity index (χ2n) is 9.30. The van der Waals surface area contributed by atoms with Gasteiger partial charge in [-0.25, -0.2) is 4.98 Å². The highest BCUT2D eigenvalue weighted by Crippen LogP contribution is 2.26. The second-order valence-corrected chi connectivity index (χ2v) is 9.70. The van der Waals surface area contributed by atoms with Gasteiger partial charge >= 0.3 is 0 Å². The summed E-state index contributed by atoms with van der Waals surface area (Å²) < 4.78 is 0. The third-order valence-electron chi connectivity index (χ3n) is 7.00. The van der Waals surface area contributed by atoms with Gasteiger partial charge in [-0.2, -0.15) is 0 Å². The van der Waals surface area contributed by atoms with Crippen molar-refractivity contribution in [1.29, 1.82) is 0 Å². The number of piperazine rings is 2. The molecule has 0 N–H and O–H groups in total. The molecule has 35 heavy (non-hydrogen) atoms. The first-order valence-corrected chi connectivity index (χ1v) is 12.7. The Morgan fingerprint density at radius 2 is 1.46 bits per heavy atom. The van der Waals surface area contributed by atoms with Crippen LogP contribution in [-0.4, -0.2) is 73.0 Å². The summed E-state index contributed by atoms with van der Waals surface area (Å²) in [6, 6.07) is 22.5. The topological polar surface area (TPSA) is 42.9 Å². The number of amides is 1. The fraction of sp³-hybridized carbons (Fsp3) is 0.357. The maximum atomic E-state index is 13.4. The summed E-state index contributed by atoms with van der Waals surface area (Å²) in [4.78, 5) is 27.2. The number of hydrogen-bond donors (Lipinski definition) is 0. The molecule has 6 nitrogen and oxygen atoms in total. The Morgan fingerprint density at radius 1 is 0.800 bits per heavy atom. The van der Waals surface area contributed by atoms with Crippen LogP contribution in [0.1, 0.15) is 21.7 Å². The monoisotopic (exact) mass is 489 g/mol. The van der Waals surface area contributed by atoms with Gasteiger partial charge in [0.25, 0.3) is 5.91 Å². The summed E-state index contributed by atoms with van der Waals surface area (Å²) in [5.41, 5.74) is 4.79. The van der Waals surface area contributed by atoms with E-state index in [1.54, 1.807) is 0 Å². The van der Waals surface area contributed by atoms with Crippen molar-refractivity contribution < 1.29 is 4.79 Å². The molecule has 2 saturated heterocycles. The highest BCUT2D eigenvalue weighted by Gasteiger charge is 2.25. The van der Waals surface area contributed by atoms with Crippen molar-refractivity contribution in [3.8, 4) is 0 Å². The van der Waals surface area contributed by atoms with Crippen LogP contribution in [0.15, 0.2) is 66.7 Å². The summed E-state index contributed by atoms with van der Waals surface area (Å²) in [6.07, 6.45) is 0. The molecule has 1 aromatic heterocycles. The highest BCUT2D eigenvalue weighted by atomic mass is 35.5. The first-order valence-electron chi connectivity index (χ1n) is 12.4. The molecule has 0 spiro atoms. The number of nitrogens with zero attached hydrogens (tertiary/aromatic N) is 5. The normalized spacial score (nSPS) is 17.0. The van der Waals surface area contributed by atoms with E-state index in [1.165, 1.54) is 5.69 Å². The van der Waals surface area contributed by atoms with Crippen LogP contribution in [0.4, 0.5) is 11.4 Å². The molecule has 0 bridgehead atoms. The van der Waals surface area contributed by atoms with E-state index in [0.29, 0.717) is 18.8 Å². The Bertz CT molecular complexity index is 1160. The highest BCUT2D eigenvalue weighted by molar-refractivity contribution is 6.33. The van der Waals surface area contributed by atoms with Crippen LogP contribution in [-0.2, 0) is 6.54 Å². The van der Waals surface area contributed by atoms with Gasteiger partial charge in [0.15, 0.2) is 0 Å². The Kier molecular flexibility index (Phi) is 7.21. The van der Waals surface area contributed by atoms with Crippen LogP contribution < -0.4 is 9.80 Å². The standard InChI is InChI=1S/C28H32ClN5O/c1-22-11-12-23(21-31-13-15-33(16-14-31)26-10-6-5-9-25(26)29)30-27(22)28(35)34-19-17-32(18-20-34)24-7-3-2-4-8-24/h2-12H,13-21H2,1H3. The van der Waals surface area contributed by atoms with Gasteiger partial charge in [-0.05, 0) is 42.8 Å².